The van der Waals surface area contributed by atoms with Crippen LogP contribution < -0.4 is 0 Å². The summed E-state index contributed by atoms with van der Waals surface area (Å²) >= 11 is 0. The van der Waals surface area contributed by atoms with Gasteiger partial charge in [0.1, 0.15) is 0 Å². The molecule has 0 aliphatic heterocycles. The number of carboxylic acid groups (broad SMARTS) is 1. The molecule has 0 aromatic heterocycles. The number of carbonyl (C=O) groups is 1. The van der Waals surface area contributed by atoms with Gasteiger partial charge in [-0.15, -0.1) is 0 Å². The predicted molar refractivity (Wildman–Crippen MR) is 105 cm³/mol. The van der Waals surface area contributed by atoms with Gasteiger partial charge < -0.3 is 10.2 Å². The number of carboxylic acids is 1. The molecule has 0 bridgehead atoms. The third-order valence-electron chi connectivity index (χ3n) is 6.02. The summed E-state index contributed by atoms with van der Waals surface area (Å²) in [6.07, 6.45) is 22.3. The zero-order chi connectivity index (χ0) is 18.2. The van der Waals surface area contributed by atoms with E-state index >= 15 is 0 Å². The van der Waals surface area contributed by atoms with Crippen LogP contribution in [-0.4, -0.2) is 22.8 Å². The fraction of sp³-hybridized carbons (Fsp3) is 0.955. The number of hydrogen-bond acceptors (Lipinski definition) is 2. The first-order chi connectivity index (χ1) is 12.2. The maximum absolute atomic E-state index is 10.5. The highest BCUT2D eigenvalue weighted by atomic mass is 16.4. The number of aliphatic hydroxyl groups excluding tert-OH is 1. The molecule has 0 heterocycles. The van der Waals surface area contributed by atoms with Crippen LogP contribution in [0, 0.1) is 11.8 Å². The van der Waals surface area contributed by atoms with Gasteiger partial charge in [-0.2, -0.15) is 0 Å². The highest BCUT2D eigenvalue weighted by Crippen LogP contribution is 2.38. The molecule has 0 unspecified atom stereocenters. The minimum absolute atomic E-state index is 0.341. The van der Waals surface area contributed by atoms with E-state index in [1.54, 1.807) is 0 Å². The molecular formula is C22H42O3. The van der Waals surface area contributed by atoms with Gasteiger partial charge >= 0.3 is 5.97 Å². The summed E-state index contributed by atoms with van der Waals surface area (Å²) in [5, 5.41) is 17.4. The summed E-state index contributed by atoms with van der Waals surface area (Å²) in [5.74, 6) is 1.28. The maximum atomic E-state index is 10.5. The third kappa shape index (κ3) is 12.4. The van der Waals surface area contributed by atoms with Gasteiger partial charge in [0.15, 0.2) is 0 Å². The van der Waals surface area contributed by atoms with Crippen molar-refractivity contribution in [3.8, 4) is 0 Å². The Hall–Kier alpha value is -0.570. The molecule has 1 aliphatic rings. The molecule has 1 saturated carbocycles. The monoisotopic (exact) mass is 354 g/mol. The van der Waals surface area contributed by atoms with Gasteiger partial charge in [0.05, 0.1) is 0 Å². The highest BCUT2D eigenvalue weighted by molar-refractivity contribution is 5.66. The van der Waals surface area contributed by atoms with Crippen molar-refractivity contribution >= 4 is 5.97 Å². The molecule has 0 aromatic rings. The Morgan fingerprint density at radius 3 is 1.60 bits per heavy atom. The van der Waals surface area contributed by atoms with Gasteiger partial charge in [-0.3, -0.25) is 4.79 Å². The van der Waals surface area contributed by atoms with Crippen molar-refractivity contribution in [1.82, 2.24) is 0 Å². The van der Waals surface area contributed by atoms with Crippen LogP contribution in [0.2, 0.25) is 0 Å². The lowest BCUT2D eigenvalue weighted by Crippen LogP contribution is -2.08. The van der Waals surface area contributed by atoms with E-state index in [1.807, 2.05) is 0 Å². The van der Waals surface area contributed by atoms with E-state index in [4.69, 9.17) is 10.2 Å². The van der Waals surface area contributed by atoms with Crippen LogP contribution in [0.25, 0.3) is 0 Å². The Bertz CT molecular complexity index is 316. The summed E-state index contributed by atoms with van der Waals surface area (Å²) in [6.45, 7) is 0.352. The van der Waals surface area contributed by atoms with E-state index in [2.05, 4.69) is 0 Å². The summed E-state index contributed by atoms with van der Waals surface area (Å²) in [6, 6.07) is 0. The second-order valence-electron chi connectivity index (χ2n) is 8.14. The smallest absolute Gasteiger partial charge is 0.303 e. The van der Waals surface area contributed by atoms with Crippen molar-refractivity contribution in [3.63, 3.8) is 0 Å². The summed E-state index contributed by atoms with van der Waals surface area (Å²) in [5.41, 5.74) is 0. The normalized spacial score (nSPS) is 20.2. The summed E-state index contributed by atoms with van der Waals surface area (Å²) in [7, 11) is 0. The van der Waals surface area contributed by atoms with E-state index in [1.165, 1.54) is 89.9 Å². The lowest BCUT2D eigenvalue weighted by molar-refractivity contribution is -0.137. The maximum Gasteiger partial charge on any atom is 0.303 e. The first-order valence-corrected chi connectivity index (χ1v) is 11.1. The van der Waals surface area contributed by atoms with Crippen molar-refractivity contribution in [2.75, 3.05) is 6.61 Å². The Morgan fingerprint density at radius 2 is 1.12 bits per heavy atom. The van der Waals surface area contributed by atoms with Crippen LogP contribution in [0.4, 0.5) is 0 Å². The Kier molecular flexibility index (Phi) is 14.1. The zero-order valence-corrected chi connectivity index (χ0v) is 16.4. The van der Waals surface area contributed by atoms with Crippen LogP contribution >= 0.6 is 0 Å². The third-order valence-corrected chi connectivity index (χ3v) is 6.02. The summed E-state index contributed by atoms with van der Waals surface area (Å²) in [4.78, 5) is 10.5. The fourth-order valence-electron chi connectivity index (χ4n) is 4.49. The number of aliphatic hydroxyl groups is 1. The molecule has 0 saturated heterocycles. The largest absolute Gasteiger partial charge is 0.481 e. The predicted octanol–water partition coefficient (Wildman–Crippen LogP) is 6.33. The molecular weight excluding hydrogens is 312 g/mol. The van der Waals surface area contributed by atoms with Crippen LogP contribution in [0.15, 0.2) is 0 Å². The van der Waals surface area contributed by atoms with Gasteiger partial charge in [-0.05, 0) is 24.7 Å². The molecule has 3 nitrogen and oxygen atoms in total. The van der Waals surface area contributed by atoms with Crippen molar-refractivity contribution in [1.29, 1.82) is 0 Å². The molecule has 2 atom stereocenters. The van der Waals surface area contributed by atoms with E-state index in [-0.39, 0.29) is 0 Å². The van der Waals surface area contributed by atoms with Crippen LogP contribution in [0.3, 0.4) is 0 Å². The van der Waals surface area contributed by atoms with Gasteiger partial charge in [-0.25, -0.2) is 0 Å². The first kappa shape index (κ1) is 22.5. The molecule has 1 rings (SSSR count). The zero-order valence-electron chi connectivity index (χ0n) is 16.4. The fourth-order valence-corrected chi connectivity index (χ4v) is 4.49. The minimum Gasteiger partial charge on any atom is -0.481 e. The quantitative estimate of drug-likeness (QED) is 0.300. The van der Waals surface area contributed by atoms with E-state index < -0.39 is 5.97 Å². The van der Waals surface area contributed by atoms with Gasteiger partial charge in [0, 0.05) is 13.0 Å². The molecule has 0 spiro atoms. The average molecular weight is 355 g/mol. The second kappa shape index (κ2) is 15.7. The standard InChI is InChI=1S/C22H42O3/c23-19-12-8-4-2-1-3-5-9-14-20-16-13-17-21(20)15-10-6-7-11-18-22(24)25/h20-21,23H,1-19H2,(H,24,25)/t20-,21-/m0/s1. The molecule has 0 amide bonds. The van der Waals surface area contributed by atoms with Crippen molar-refractivity contribution < 1.29 is 15.0 Å². The SMILES string of the molecule is O=C(O)CCCCCC[C@H]1CCC[C@@H]1CCCCCCCCCCO. The first-order valence-electron chi connectivity index (χ1n) is 11.1. The molecule has 0 radical (unpaired) electrons. The van der Waals surface area contributed by atoms with Gasteiger partial charge in [-0.1, -0.05) is 96.3 Å². The Balaban J connectivity index is 1.93. The lowest BCUT2D eigenvalue weighted by Gasteiger charge is -2.19. The minimum atomic E-state index is -0.652. The van der Waals surface area contributed by atoms with Gasteiger partial charge in [0.2, 0.25) is 0 Å². The summed E-state index contributed by atoms with van der Waals surface area (Å²) < 4.78 is 0. The second-order valence-corrected chi connectivity index (χ2v) is 8.14. The number of rotatable bonds is 17. The molecule has 1 fully saturated rings. The molecule has 0 aromatic carbocycles. The van der Waals surface area contributed by atoms with Crippen LogP contribution in [0.1, 0.15) is 116 Å². The van der Waals surface area contributed by atoms with Crippen LogP contribution in [0.5, 0.6) is 0 Å². The van der Waals surface area contributed by atoms with Crippen molar-refractivity contribution in [3.05, 3.63) is 0 Å². The highest BCUT2D eigenvalue weighted by Gasteiger charge is 2.25. The molecule has 1 aliphatic carbocycles. The topological polar surface area (TPSA) is 57.5 Å². The average Bonchev–Trinajstić information content (AvgIpc) is 3.03. The molecule has 25 heavy (non-hydrogen) atoms. The van der Waals surface area contributed by atoms with E-state index in [0.717, 1.165) is 31.1 Å². The molecule has 3 heteroatoms. The number of aliphatic carboxylic acids is 1. The molecule has 148 valence electrons. The Morgan fingerprint density at radius 1 is 0.680 bits per heavy atom. The number of unbranched alkanes of at least 4 members (excludes halogenated alkanes) is 10. The van der Waals surface area contributed by atoms with Crippen molar-refractivity contribution in [2.45, 2.75) is 116 Å². The van der Waals surface area contributed by atoms with E-state index in [0.29, 0.717) is 13.0 Å². The lowest BCUT2D eigenvalue weighted by atomic mass is 9.86. The number of hydrogen-bond donors (Lipinski definition) is 2. The van der Waals surface area contributed by atoms with Crippen LogP contribution in [-0.2, 0) is 4.79 Å². The Labute approximate surface area is 155 Å². The van der Waals surface area contributed by atoms with Crippen molar-refractivity contribution in [2.24, 2.45) is 11.8 Å². The molecule has 2 N–H and O–H groups in total. The van der Waals surface area contributed by atoms with Gasteiger partial charge in [0.25, 0.3) is 0 Å². The van der Waals surface area contributed by atoms with E-state index in [9.17, 15) is 4.79 Å².